The van der Waals surface area contributed by atoms with Gasteiger partial charge in [0.05, 0.1) is 6.10 Å². The van der Waals surface area contributed by atoms with E-state index < -0.39 is 5.60 Å². The van der Waals surface area contributed by atoms with E-state index in [0.29, 0.717) is 12.2 Å². The number of aromatic nitrogens is 1. The number of aromatic amines is 1. The Morgan fingerprint density at radius 3 is 2.47 bits per heavy atom. The highest BCUT2D eigenvalue weighted by atomic mass is 16.5. The molecule has 0 saturated heterocycles. The summed E-state index contributed by atoms with van der Waals surface area (Å²) in [7, 11) is 0. The first-order valence-electron chi connectivity index (χ1n) is 12.9. The summed E-state index contributed by atoms with van der Waals surface area (Å²) < 4.78 is 6.43. The Hall–Kier alpha value is -3.18. The minimum absolute atomic E-state index is 0.141. The van der Waals surface area contributed by atoms with Gasteiger partial charge in [-0.2, -0.15) is 0 Å². The van der Waals surface area contributed by atoms with Crippen molar-refractivity contribution in [1.29, 1.82) is 0 Å². The number of aliphatic hydroxyl groups excluding tert-OH is 1. The number of aromatic hydroxyl groups is 2. The lowest BCUT2D eigenvalue weighted by Gasteiger charge is -2.55. The molecule has 2 aromatic carbocycles. The van der Waals surface area contributed by atoms with E-state index in [1.165, 1.54) is 5.57 Å². The summed E-state index contributed by atoms with van der Waals surface area (Å²) >= 11 is 0. The maximum Gasteiger partial charge on any atom is 0.164 e. The number of fused-ring (bicyclic) bond motifs is 3. The lowest BCUT2D eigenvalue weighted by atomic mass is 9.57. The third kappa shape index (κ3) is 4.20. The zero-order chi connectivity index (χ0) is 25.8. The van der Waals surface area contributed by atoms with Gasteiger partial charge in [0.15, 0.2) is 11.5 Å². The molecule has 0 bridgehead atoms. The van der Waals surface area contributed by atoms with Crippen LogP contribution in [0.3, 0.4) is 0 Å². The van der Waals surface area contributed by atoms with Crippen LogP contribution in [0.4, 0.5) is 0 Å². The number of H-pyrrole nitrogens is 1. The predicted octanol–water partition coefficient (Wildman–Crippen LogP) is 6.75. The molecule has 5 nitrogen and oxygen atoms in total. The van der Waals surface area contributed by atoms with Crippen molar-refractivity contribution in [2.75, 3.05) is 0 Å². The molecule has 1 saturated carbocycles. The lowest BCUT2D eigenvalue weighted by Crippen LogP contribution is -2.58. The normalized spacial score (nSPS) is 24.8. The predicted molar refractivity (Wildman–Crippen MR) is 145 cm³/mol. The van der Waals surface area contributed by atoms with Gasteiger partial charge >= 0.3 is 0 Å². The number of allylic oxidation sites excluding steroid dienone is 2. The molecular weight excluding hydrogens is 450 g/mol. The zero-order valence-electron chi connectivity index (χ0n) is 21.9. The molecule has 1 aliphatic carbocycles. The van der Waals surface area contributed by atoms with Crippen molar-refractivity contribution in [1.82, 2.24) is 4.98 Å². The molecule has 2 aliphatic rings. The van der Waals surface area contributed by atoms with Gasteiger partial charge in [-0.05, 0) is 98.4 Å². The highest BCUT2D eigenvalue weighted by molar-refractivity contribution is 5.92. The summed E-state index contributed by atoms with van der Waals surface area (Å²) in [6.45, 7) is 10.5. The summed E-state index contributed by atoms with van der Waals surface area (Å²) in [5.74, 6) is 1.10. The summed E-state index contributed by atoms with van der Waals surface area (Å²) in [6.07, 6.45) is 10.6. The Kier molecular flexibility index (Phi) is 5.95. The molecule has 36 heavy (non-hydrogen) atoms. The van der Waals surface area contributed by atoms with Gasteiger partial charge in [0.2, 0.25) is 0 Å². The maximum absolute atomic E-state index is 10.8. The van der Waals surface area contributed by atoms with Crippen LogP contribution in [0.5, 0.6) is 17.2 Å². The molecule has 5 rings (SSSR count). The molecule has 1 aromatic heterocycles. The van der Waals surface area contributed by atoms with Crippen LogP contribution in [0.1, 0.15) is 69.7 Å². The summed E-state index contributed by atoms with van der Waals surface area (Å²) in [4.78, 5) is 3.28. The highest BCUT2D eigenvalue weighted by Gasteiger charge is 2.54. The molecule has 2 heterocycles. The number of benzene rings is 2. The molecule has 0 radical (unpaired) electrons. The van der Waals surface area contributed by atoms with Gasteiger partial charge < -0.3 is 25.0 Å². The van der Waals surface area contributed by atoms with Crippen molar-refractivity contribution in [2.45, 2.75) is 72.0 Å². The molecule has 0 spiro atoms. The number of phenols is 2. The first-order chi connectivity index (χ1) is 17.0. The number of hydrogen-bond acceptors (Lipinski definition) is 4. The summed E-state index contributed by atoms with van der Waals surface area (Å²) in [5.41, 5.74) is 5.22. The van der Waals surface area contributed by atoms with Crippen LogP contribution < -0.4 is 4.74 Å². The first-order valence-corrected chi connectivity index (χ1v) is 12.9. The zero-order valence-corrected chi connectivity index (χ0v) is 21.9. The van der Waals surface area contributed by atoms with Crippen LogP contribution in [-0.2, 0) is 12.8 Å². The first kappa shape index (κ1) is 24.5. The minimum atomic E-state index is -0.405. The van der Waals surface area contributed by atoms with Gasteiger partial charge in [0.1, 0.15) is 11.4 Å². The molecule has 3 aromatic rings. The van der Waals surface area contributed by atoms with Crippen molar-refractivity contribution in [2.24, 2.45) is 11.3 Å². The largest absolute Gasteiger partial charge is 0.507 e. The van der Waals surface area contributed by atoms with Gasteiger partial charge in [-0.25, -0.2) is 0 Å². The molecule has 190 valence electrons. The van der Waals surface area contributed by atoms with Crippen molar-refractivity contribution >= 4 is 23.1 Å². The third-order valence-electron chi connectivity index (χ3n) is 8.40. The van der Waals surface area contributed by atoms with Crippen LogP contribution in [0.25, 0.3) is 23.1 Å². The maximum atomic E-state index is 10.8. The fourth-order valence-corrected chi connectivity index (χ4v) is 6.21. The van der Waals surface area contributed by atoms with Crippen LogP contribution in [-0.4, -0.2) is 32.0 Å². The van der Waals surface area contributed by atoms with Crippen LogP contribution >= 0.6 is 0 Å². The van der Waals surface area contributed by atoms with Crippen LogP contribution in [0, 0.1) is 11.3 Å². The Bertz CT molecular complexity index is 1370. The fourth-order valence-electron chi connectivity index (χ4n) is 6.21. The van der Waals surface area contributed by atoms with E-state index in [1.54, 1.807) is 12.1 Å². The molecule has 0 amide bonds. The second-order valence-corrected chi connectivity index (χ2v) is 11.7. The lowest BCUT2D eigenvalue weighted by molar-refractivity contribution is -0.138. The van der Waals surface area contributed by atoms with Gasteiger partial charge in [-0.15, -0.1) is 0 Å². The number of phenolic OH excluding ortho intramolecular Hbond substituents is 2. The average Bonchev–Trinajstić information content (AvgIpc) is 3.23. The van der Waals surface area contributed by atoms with Gasteiger partial charge in [0.25, 0.3) is 0 Å². The Balaban J connectivity index is 1.44. The van der Waals surface area contributed by atoms with E-state index in [0.717, 1.165) is 52.4 Å². The Morgan fingerprint density at radius 1 is 1.06 bits per heavy atom. The molecule has 1 aliphatic heterocycles. The average molecular weight is 488 g/mol. The standard InChI is InChI=1S/C31H37NO4/c1-18(2)6-9-21-17-32-23-13-20(14-24(33)28(21)23)8-7-19-12-22-16-26-30(3,4)27(35)10-11-31(26,5)36-29(22)25(34)15-19/h6-8,12-15,17,26-27,32-35H,9-11,16H2,1-5H3/b8-7+/t26-,27-,31-/m1/s1. The second-order valence-electron chi connectivity index (χ2n) is 11.7. The number of rotatable bonds is 4. The van der Waals surface area contributed by atoms with Gasteiger partial charge in [-0.1, -0.05) is 37.6 Å². The van der Waals surface area contributed by atoms with Crippen molar-refractivity contribution < 1.29 is 20.1 Å². The number of hydrogen-bond donors (Lipinski definition) is 4. The van der Waals surface area contributed by atoms with Crippen molar-refractivity contribution in [3.63, 3.8) is 0 Å². The molecule has 0 unspecified atom stereocenters. The Morgan fingerprint density at radius 2 is 1.75 bits per heavy atom. The Labute approximate surface area is 213 Å². The highest BCUT2D eigenvalue weighted by Crippen LogP contribution is 2.54. The molecule has 3 atom stereocenters. The SMILES string of the molecule is CC(C)=CCc1c[nH]c2cc(/C=C/c3cc(O)c4c(c3)C[C@@H]3C(C)(C)[C@H](O)CC[C@@]3(C)O4)cc(O)c12. The summed E-state index contributed by atoms with van der Waals surface area (Å²) in [5, 5.41) is 33.1. The number of nitrogens with one attached hydrogen (secondary N) is 1. The van der Waals surface area contributed by atoms with Gasteiger partial charge in [-0.3, -0.25) is 0 Å². The number of ether oxygens (including phenoxy) is 1. The summed E-state index contributed by atoms with van der Waals surface area (Å²) in [6, 6.07) is 7.59. The monoisotopic (exact) mass is 487 g/mol. The fraction of sp³-hybridized carbons (Fsp3) is 0.419. The van der Waals surface area contributed by atoms with Crippen molar-refractivity contribution in [3.05, 3.63) is 64.4 Å². The van der Waals surface area contributed by atoms with Crippen LogP contribution in [0.2, 0.25) is 0 Å². The molecular formula is C31H37NO4. The van der Waals surface area contributed by atoms with E-state index in [-0.39, 0.29) is 28.9 Å². The van der Waals surface area contributed by atoms with Crippen LogP contribution in [0.15, 0.2) is 42.1 Å². The van der Waals surface area contributed by atoms with E-state index >= 15 is 0 Å². The van der Waals surface area contributed by atoms with E-state index in [4.69, 9.17) is 4.74 Å². The quantitative estimate of drug-likeness (QED) is 0.242. The second kappa shape index (κ2) is 8.74. The van der Waals surface area contributed by atoms with E-state index in [9.17, 15) is 15.3 Å². The number of aliphatic hydroxyl groups is 1. The molecule has 1 fully saturated rings. The van der Waals surface area contributed by atoms with Gasteiger partial charge in [0, 0.05) is 23.0 Å². The molecule has 5 heteroatoms. The van der Waals surface area contributed by atoms with E-state index in [1.807, 2.05) is 24.4 Å². The smallest absolute Gasteiger partial charge is 0.164 e. The van der Waals surface area contributed by atoms with E-state index in [2.05, 4.69) is 51.7 Å². The molecule has 4 N–H and O–H groups in total. The van der Waals surface area contributed by atoms with Crippen molar-refractivity contribution in [3.8, 4) is 17.2 Å². The third-order valence-corrected chi connectivity index (χ3v) is 8.40. The topological polar surface area (TPSA) is 85.7 Å². The minimum Gasteiger partial charge on any atom is -0.507 e.